The first kappa shape index (κ1) is 15.8. The van der Waals surface area contributed by atoms with Gasteiger partial charge in [-0.3, -0.25) is 4.79 Å². The van der Waals surface area contributed by atoms with Crippen LogP contribution in [0, 0.1) is 0 Å². The van der Waals surface area contributed by atoms with Crippen molar-refractivity contribution in [3.63, 3.8) is 0 Å². The second-order valence-electron chi connectivity index (χ2n) is 4.00. The van der Waals surface area contributed by atoms with E-state index in [1.54, 1.807) is 32.4 Å². The molecule has 19 heavy (non-hydrogen) atoms. The van der Waals surface area contributed by atoms with Crippen molar-refractivity contribution < 1.29 is 14.3 Å². The lowest BCUT2D eigenvalue weighted by atomic mass is 10.1. The maximum absolute atomic E-state index is 11.5. The molecular weight excluding hydrogens is 268 g/mol. The van der Waals surface area contributed by atoms with Gasteiger partial charge < -0.3 is 20.1 Å². The van der Waals surface area contributed by atoms with Crippen LogP contribution >= 0.6 is 11.6 Å². The van der Waals surface area contributed by atoms with Gasteiger partial charge in [0.25, 0.3) is 5.91 Å². The fourth-order valence-electron chi connectivity index (χ4n) is 1.74. The smallest absolute Gasteiger partial charge is 0.250 e. The lowest BCUT2D eigenvalue weighted by Gasteiger charge is -2.26. The molecule has 0 radical (unpaired) electrons. The van der Waals surface area contributed by atoms with E-state index >= 15 is 0 Å². The Labute approximate surface area is 118 Å². The normalized spacial score (nSPS) is 10.5. The summed E-state index contributed by atoms with van der Waals surface area (Å²) >= 11 is 5.90. The number of benzene rings is 1. The third-order valence-corrected chi connectivity index (χ3v) is 2.93. The molecule has 0 unspecified atom stereocenters. The molecule has 6 heteroatoms. The molecule has 0 heterocycles. The van der Waals surface area contributed by atoms with Gasteiger partial charge in [0.05, 0.1) is 18.8 Å². The van der Waals surface area contributed by atoms with E-state index in [1.807, 2.05) is 4.90 Å². The van der Waals surface area contributed by atoms with Gasteiger partial charge >= 0.3 is 0 Å². The number of nitrogens with zero attached hydrogens (tertiary/aromatic N) is 1. The second-order valence-corrected chi connectivity index (χ2v) is 4.43. The number of nitrogens with two attached hydrogens (primary N) is 1. The van der Waals surface area contributed by atoms with Crippen LogP contribution in [0.1, 0.15) is 10.4 Å². The Balaban J connectivity index is 3.02. The van der Waals surface area contributed by atoms with Crippen molar-refractivity contribution in [2.75, 3.05) is 45.4 Å². The van der Waals surface area contributed by atoms with Crippen LogP contribution in [0.25, 0.3) is 0 Å². The third-order valence-electron chi connectivity index (χ3n) is 2.70. The summed E-state index contributed by atoms with van der Waals surface area (Å²) < 4.78 is 10.1. The molecule has 1 aromatic rings. The maximum atomic E-state index is 11.5. The number of carbonyl (C=O) groups excluding carboxylic acids is 1. The predicted molar refractivity (Wildman–Crippen MR) is 75.9 cm³/mol. The number of methoxy groups -OCH3 is 2. The average Bonchev–Trinajstić information content (AvgIpc) is 2.39. The molecule has 0 spiro atoms. The number of anilines is 1. The Hall–Kier alpha value is -1.30. The third kappa shape index (κ3) is 4.70. The summed E-state index contributed by atoms with van der Waals surface area (Å²) in [5.74, 6) is -0.502. The van der Waals surface area contributed by atoms with Gasteiger partial charge in [-0.25, -0.2) is 0 Å². The van der Waals surface area contributed by atoms with E-state index in [0.29, 0.717) is 36.9 Å². The molecule has 106 valence electrons. The number of hydrogen-bond donors (Lipinski definition) is 1. The van der Waals surface area contributed by atoms with Crippen LogP contribution in [0.5, 0.6) is 0 Å². The highest BCUT2D eigenvalue weighted by Gasteiger charge is 2.15. The summed E-state index contributed by atoms with van der Waals surface area (Å²) in [6.45, 7) is 2.37. The Morgan fingerprint density at radius 3 is 2.32 bits per heavy atom. The zero-order valence-corrected chi connectivity index (χ0v) is 11.9. The van der Waals surface area contributed by atoms with E-state index in [1.165, 1.54) is 0 Å². The Bertz CT molecular complexity index is 418. The average molecular weight is 287 g/mol. The molecule has 0 fully saturated rings. The molecular formula is C13H19ClN2O3. The topological polar surface area (TPSA) is 64.8 Å². The number of halogens is 1. The first-order valence-corrected chi connectivity index (χ1v) is 6.30. The highest BCUT2D eigenvalue weighted by Crippen LogP contribution is 2.24. The molecule has 0 saturated heterocycles. The van der Waals surface area contributed by atoms with Crippen LogP contribution in [0.2, 0.25) is 5.02 Å². The van der Waals surface area contributed by atoms with Crippen LogP contribution in [0.15, 0.2) is 18.2 Å². The van der Waals surface area contributed by atoms with Gasteiger partial charge in [-0.05, 0) is 18.2 Å². The fraction of sp³-hybridized carbons (Fsp3) is 0.462. The molecule has 0 aliphatic rings. The highest BCUT2D eigenvalue weighted by molar-refractivity contribution is 6.31. The van der Waals surface area contributed by atoms with Gasteiger partial charge in [0.2, 0.25) is 0 Å². The molecule has 5 nitrogen and oxygen atoms in total. The zero-order chi connectivity index (χ0) is 14.3. The van der Waals surface area contributed by atoms with E-state index in [2.05, 4.69) is 0 Å². The molecule has 1 amide bonds. The quantitative estimate of drug-likeness (QED) is 0.787. The lowest BCUT2D eigenvalue weighted by molar-refractivity contribution is 0.100. The fourth-order valence-corrected chi connectivity index (χ4v) is 1.91. The summed E-state index contributed by atoms with van der Waals surface area (Å²) in [4.78, 5) is 13.5. The first-order valence-electron chi connectivity index (χ1n) is 5.92. The van der Waals surface area contributed by atoms with Gasteiger partial charge in [0.1, 0.15) is 0 Å². The minimum absolute atomic E-state index is 0.403. The Morgan fingerprint density at radius 1 is 1.26 bits per heavy atom. The van der Waals surface area contributed by atoms with Crippen LogP contribution in [0.4, 0.5) is 5.69 Å². The van der Waals surface area contributed by atoms with Crippen molar-refractivity contribution in [3.05, 3.63) is 28.8 Å². The molecule has 1 aromatic carbocycles. The lowest BCUT2D eigenvalue weighted by Crippen LogP contribution is -2.32. The molecule has 1 rings (SSSR count). The Morgan fingerprint density at radius 2 is 1.84 bits per heavy atom. The van der Waals surface area contributed by atoms with E-state index in [4.69, 9.17) is 26.8 Å². The predicted octanol–water partition coefficient (Wildman–Crippen LogP) is 1.54. The summed E-state index contributed by atoms with van der Waals surface area (Å²) in [5, 5.41) is 0.482. The van der Waals surface area contributed by atoms with Gasteiger partial charge in [0, 0.05) is 38.0 Å². The molecule has 0 saturated carbocycles. The van der Waals surface area contributed by atoms with Crippen molar-refractivity contribution in [3.8, 4) is 0 Å². The number of hydrogen-bond acceptors (Lipinski definition) is 4. The highest BCUT2D eigenvalue weighted by atomic mass is 35.5. The first-order chi connectivity index (χ1) is 9.10. The van der Waals surface area contributed by atoms with Crippen LogP contribution in [0.3, 0.4) is 0 Å². The SMILES string of the molecule is COCCN(CCOC)c1ccc(Cl)cc1C(N)=O. The standard InChI is InChI=1S/C13H19ClN2O3/c1-18-7-5-16(6-8-19-2)12-4-3-10(14)9-11(12)13(15)17/h3-4,9H,5-8H2,1-2H3,(H2,15,17). The van der Waals surface area contributed by atoms with Gasteiger partial charge in [-0.15, -0.1) is 0 Å². The minimum atomic E-state index is -0.502. The Kier molecular flexibility index (Phi) is 6.62. The summed E-state index contributed by atoms with van der Waals surface area (Å²) in [7, 11) is 3.26. The van der Waals surface area contributed by atoms with Gasteiger partial charge in [-0.2, -0.15) is 0 Å². The van der Waals surface area contributed by atoms with E-state index < -0.39 is 5.91 Å². The van der Waals surface area contributed by atoms with Crippen LogP contribution < -0.4 is 10.6 Å². The summed E-state index contributed by atoms with van der Waals surface area (Å²) in [5.41, 5.74) is 6.54. The summed E-state index contributed by atoms with van der Waals surface area (Å²) in [6, 6.07) is 5.09. The molecule has 0 aliphatic carbocycles. The van der Waals surface area contributed by atoms with E-state index in [-0.39, 0.29) is 0 Å². The van der Waals surface area contributed by atoms with Crippen molar-refractivity contribution in [1.82, 2.24) is 0 Å². The summed E-state index contributed by atoms with van der Waals surface area (Å²) in [6.07, 6.45) is 0. The van der Waals surface area contributed by atoms with Crippen molar-refractivity contribution in [2.45, 2.75) is 0 Å². The van der Waals surface area contributed by atoms with Gasteiger partial charge in [-0.1, -0.05) is 11.6 Å². The van der Waals surface area contributed by atoms with E-state index in [0.717, 1.165) is 5.69 Å². The van der Waals surface area contributed by atoms with Crippen molar-refractivity contribution >= 4 is 23.2 Å². The number of amides is 1. The minimum Gasteiger partial charge on any atom is -0.383 e. The monoisotopic (exact) mass is 286 g/mol. The van der Waals surface area contributed by atoms with Crippen LogP contribution in [-0.2, 0) is 9.47 Å². The van der Waals surface area contributed by atoms with E-state index in [9.17, 15) is 4.79 Å². The largest absolute Gasteiger partial charge is 0.383 e. The maximum Gasteiger partial charge on any atom is 0.250 e. The second kappa shape index (κ2) is 7.99. The number of rotatable bonds is 8. The molecule has 0 atom stereocenters. The number of primary amides is 1. The molecule has 0 bridgehead atoms. The number of carbonyl (C=O) groups is 1. The van der Waals surface area contributed by atoms with Crippen LogP contribution in [-0.4, -0.2) is 46.4 Å². The van der Waals surface area contributed by atoms with Crippen molar-refractivity contribution in [2.24, 2.45) is 5.73 Å². The number of ether oxygens (including phenoxy) is 2. The van der Waals surface area contributed by atoms with Gasteiger partial charge in [0.15, 0.2) is 0 Å². The molecule has 2 N–H and O–H groups in total. The molecule has 0 aliphatic heterocycles. The zero-order valence-electron chi connectivity index (χ0n) is 11.2. The van der Waals surface area contributed by atoms with Crippen molar-refractivity contribution in [1.29, 1.82) is 0 Å². The molecule has 0 aromatic heterocycles.